The number of hydrogen-bond acceptors (Lipinski definition) is 3. The first-order chi connectivity index (χ1) is 9.97. The molecule has 0 aromatic heterocycles. The highest BCUT2D eigenvalue weighted by Crippen LogP contribution is 2.23. The lowest BCUT2D eigenvalue weighted by Crippen LogP contribution is -2.36. The zero-order valence-corrected chi connectivity index (χ0v) is 11.8. The number of nitrogens with zero attached hydrogens (tertiary/aromatic N) is 1. The minimum absolute atomic E-state index is 0.0306. The number of hydrogen-bond donors (Lipinski definition) is 2. The standard InChI is InChI=1S/C15H18N2O4/c1-10(18)16-12-5-2-4-11(8-12)15(21)17-7-3-6-13(17)9-14(19)20/h2,4-5,8,13H,3,6-7,9H2,1H3,(H,16,18)(H,19,20). The van der Waals surface area contributed by atoms with Crippen molar-refractivity contribution in [2.24, 2.45) is 0 Å². The smallest absolute Gasteiger partial charge is 0.305 e. The Bertz CT molecular complexity index is 571. The molecule has 0 bridgehead atoms. The van der Waals surface area contributed by atoms with Gasteiger partial charge in [-0.25, -0.2) is 0 Å². The van der Waals surface area contributed by atoms with Gasteiger partial charge in [0.15, 0.2) is 0 Å². The van der Waals surface area contributed by atoms with E-state index in [1.54, 1.807) is 29.2 Å². The summed E-state index contributed by atoms with van der Waals surface area (Å²) in [5.41, 5.74) is 1.01. The normalized spacial score (nSPS) is 17.6. The van der Waals surface area contributed by atoms with Gasteiger partial charge in [-0.05, 0) is 31.0 Å². The molecule has 6 nitrogen and oxygen atoms in total. The van der Waals surface area contributed by atoms with Crippen molar-refractivity contribution in [3.05, 3.63) is 29.8 Å². The molecule has 1 aromatic rings. The zero-order valence-electron chi connectivity index (χ0n) is 11.8. The maximum Gasteiger partial charge on any atom is 0.305 e. The van der Waals surface area contributed by atoms with E-state index < -0.39 is 5.97 Å². The Labute approximate surface area is 122 Å². The van der Waals surface area contributed by atoms with Gasteiger partial charge in [-0.15, -0.1) is 0 Å². The van der Waals surface area contributed by atoms with Crippen LogP contribution in [0.2, 0.25) is 0 Å². The van der Waals surface area contributed by atoms with Crippen molar-refractivity contribution in [1.82, 2.24) is 4.90 Å². The van der Waals surface area contributed by atoms with Crippen LogP contribution in [0.1, 0.15) is 36.5 Å². The molecule has 1 fully saturated rings. The number of carboxylic acid groups (broad SMARTS) is 1. The summed E-state index contributed by atoms with van der Waals surface area (Å²) in [4.78, 5) is 36.0. The molecule has 21 heavy (non-hydrogen) atoms. The largest absolute Gasteiger partial charge is 0.481 e. The van der Waals surface area contributed by atoms with Gasteiger partial charge in [-0.1, -0.05) is 6.07 Å². The number of benzene rings is 1. The molecular weight excluding hydrogens is 272 g/mol. The molecule has 0 saturated carbocycles. The van der Waals surface area contributed by atoms with E-state index in [1.165, 1.54) is 6.92 Å². The molecule has 1 unspecified atom stereocenters. The summed E-state index contributed by atoms with van der Waals surface area (Å²) in [6, 6.07) is 6.43. The van der Waals surface area contributed by atoms with E-state index in [0.29, 0.717) is 24.2 Å². The molecule has 1 aliphatic heterocycles. The second kappa shape index (κ2) is 6.39. The number of likely N-dealkylation sites (tertiary alicyclic amines) is 1. The molecule has 2 amide bonds. The topological polar surface area (TPSA) is 86.7 Å². The van der Waals surface area contributed by atoms with E-state index in [0.717, 1.165) is 6.42 Å². The first kappa shape index (κ1) is 15.0. The van der Waals surface area contributed by atoms with Crippen molar-refractivity contribution in [2.75, 3.05) is 11.9 Å². The Balaban J connectivity index is 2.15. The average Bonchev–Trinajstić information content (AvgIpc) is 2.84. The van der Waals surface area contributed by atoms with Gasteiger partial charge in [-0.2, -0.15) is 0 Å². The molecule has 0 spiro atoms. The van der Waals surface area contributed by atoms with Gasteiger partial charge in [0, 0.05) is 30.8 Å². The lowest BCUT2D eigenvalue weighted by Gasteiger charge is -2.23. The van der Waals surface area contributed by atoms with Crippen molar-refractivity contribution in [1.29, 1.82) is 0 Å². The van der Waals surface area contributed by atoms with Gasteiger partial charge in [-0.3, -0.25) is 14.4 Å². The van der Waals surface area contributed by atoms with Crippen molar-refractivity contribution in [3.8, 4) is 0 Å². The van der Waals surface area contributed by atoms with E-state index >= 15 is 0 Å². The molecular formula is C15H18N2O4. The summed E-state index contributed by atoms with van der Waals surface area (Å²) in [7, 11) is 0. The average molecular weight is 290 g/mol. The molecule has 2 N–H and O–H groups in total. The van der Waals surface area contributed by atoms with E-state index in [9.17, 15) is 14.4 Å². The van der Waals surface area contributed by atoms with E-state index in [1.807, 2.05) is 0 Å². The highest BCUT2D eigenvalue weighted by atomic mass is 16.4. The van der Waals surface area contributed by atoms with Crippen molar-refractivity contribution < 1.29 is 19.5 Å². The lowest BCUT2D eigenvalue weighted by molar-refractivity contribution is -0.138. The van der Waals surface area contributed by atoms with E-state index in [-0.39, 0.29) is 24.3 Å². The van der Waals surface area contributed by atoms with Crippen LogP contribution in [-0.2, 0) is 9.59 Å². The lowest BCUT2D eigenvalue weighted by atomic mass is 10.1. The number of carboxylic acids is 1. The minimum Gasteiger partial charge on any atom is -0.481 e. The molecule has 6 heteroatoms. The summed E-state index contributed by atoms with van der Waals surface area (Å²) < 4.78 is 0. The predicted molar refractivity (Wildman–Crippen MR) is 77.1 cm³/mol. The van der Waals surface area contributed by atoms with Gasteiger partial charge in [0.05, 0.1) is 6.42 Å². The molecule has 112 valence electrons. The highest BCUT2D eigenvalue weighted by Gasteiger charge is 2.30. The van der Waals surface area contributed by atoms with Crippen molar-refractivity contribution in [2.45, 2.75) is 32.2 Å². The van der Waals surface area contributed by atoms with Crippen LogP contribution in [0.4, 0.5) is 5.69 Å². The van der Waals surface area contributed by atoms with Crippen LogP contribution < -0.4 is 5.32 Å². The number of carbonyl (C=O) groups excluding carboxylic acids is 2. The Morgan fingerprint density at radius 3 is 2.81 bits per heavy atom. The third-order valence-corrected chi connectivity index (χ3v) is 3.48. The number of nitrogens with one attached hydrogen (secondary N) is 1. The fourth-order valence-corrected chi connectivity index (χ4v) is 2.62. The summed E-state index contributed by atoms with van der Waals surface area (Å²) in [6.45, 7) is 1.97. The van der Waals surface area contributed by atoms with Gasteiger partial charge in [0.1, 0.15) is 0 Å². The number of anilines is 1. The first-order valence-corrected chi connectivity index (χ1v) is 6.88. The number of rotatable bonds is 4. The minimum atomic E-state index is -0.897. The van der Waals surface area contributed by atoms with E-state index in [4.69, 9.17) is 5.11 Å². The highest BCUT2D eigenvalue weighted by molar-refractivity contribution is 5.97. The third-order valence-electron chi connectivity index (χ3n) is 3.48. The van der Waals surface area contributed by atoms with Crippen molar-refractivity contribution in [3.63, 3.8) is 0 Å². The molecule has 2 rings (SSSR count). The Morgan fingerprint density at radius 1 is 1.38 bits per heavy atom. The van der Waals surface area contributed by atoms with Crippen LogP contribution >= 0.6 is 0 Å². The predicted octanol–water partition coefficient (Wildman–Crippen LogP) is 1.72. The summed E-state index contributed by atoms with van der Waals surface area (Å²) in [5.74, 6) is -1.29. The van der Waals surface area contributed by atoms with Gasteiger partial charge >= 0.3 is 5.97 Å². The second-order valence-corrected chi connectivity index (χ2v) is 5.15. The Kier molecular flexibility index (Phi) is 4.57. The zero-order chi connectivity index (χ0) is 15.4. The number of carbonyl (C=O) groups is 3. The maximum atomic E-state index is 12.5. The van der Waals surface area contributed by atoms with Crippen LogP contribution in [0, 0.1) is 0 Å². The molecule has 0 aliphatic carbocycles. The van der Waals surface area contributed by atoms with Crippen LogP contribution in [-0.4, -0.2) is 40.4 Å². The summed E-state index contributed by atoms with van der Waals surface area (Å²) in [5, 5.41) is 11.5. The quantitative estimate of drug-likeness (QED) is 0.884. The molecule has 1 heterocycles. The second-order valence-electron chi connectivity index (χ2n) is 5.15. The molecule has 1 aromatic carbocycles. The third kappa shape index (κ3) is 3.81. The Hall–Kier alpha value is -2.37. The van der Waals surface area contributed by atoms with Crippen LogP contribution in [0.3, 0.4) is 0 Å². The number of amides is 2. The Morgan fingerprint density at radius 2 is 2.14 bits per heavy atom. The van der Waals surface area contributed by atoms with E-state index in [2.05, 4.69) is 5.32 Å². The molecule has 1 saturated heterocycles. The fourth-order valence-electron chi connectivity index (χ4n) is 2.62. The fraction of sp³-hybridized carbons (Fsp3) is 0.400. The summed E-state index contributed by atoms with van der Waals surface area (Å²) in [6.07, 6.45) is 1.50. The number of aliphatic carboxylic acids is 1. The van der Waals surface area contributed by atoms with Crippen molar-refractivity contribution >= 4 is 23.5 Å². The van der Waals surface area contributed by atoms with Gasteiger partial charge in [0.25, 0.3) is 5.91 Å². The molecule has 1 aliphatic rings. The molecule has 0 radical (unpaired) electrons. The van der Waals surface area contributed by atoms with Crippen LogP contribution in [0.25, 0.3) is 0 Å². The maximum absolute atomic E-state index is 12.5. The monoisotopic (exact) mass is 290 g/mol. The van der Waals surface area contributed by atoms with Gasteiger partial charge in [0.2, 0.25) is 5.91 Å². The SMILES string of the molecule is CC(=O)Nc1cccc(C(=O)N2CCCC2CC(=O)O)c1. The van der Waals surface area contributed by atoms with Gasteiger partial charge < -0.3 is 15.3 Å². The molecule has 1 atom stereocenters. The summed E-state index contributed by atoms with van der Waals surface area (Å²) >= 11 is 0. The first-order valence-electron chi connectivity index (χ1n) is 6.88. The van der Waals surface area contributed by atoms with Crippen LogP contribution in [0.15, 0.2) is 24.3 Å². The van der Waals surface area contributed by atoms with Crippen LogP contribution in [0.5, 0.6) is 0 Å².